The minimum absolute atomic E-state index is 0.134. The van der Waals surface area contributed by atoms with E-state index in [0.717, 1.165) is 16.7 Å². The fraction of sp³-hybridized carbons (Fsp3) is 0.0625. The summed E-state index contributed by atoms with van der Waals surface area (Å²) in [5, 5.41) is 9.87. The normalized spacial score (nSPS) is 10.8. The SMILES string of the molecule is Cc1cc(O)c(/C=C/C(N)=O)cc1-c1ccccc1. The number of aryl methyl sites for hydroxylation is 1. The summed E-state index contributed by atoms with van der Waals surface area (Å²) in [6.45, 7) is 1.93. The molecule has 0 saturated carbocycles. The number of carbonyl (C=O) groups excluding carboxylic acids is 1. The lowest BCUT2D eigenvalue weighted by atomic mass is 9.97. The number of rotatable bonds is 3. The van der Waals surface area contributed by atoms with Crippen LogP contribution in [0.5, 0.6) is 5.75 Å². The Morgan fingerprint density at radius 3 is 2.53 bits per heavy atom. The molecule has 0 aromatic heterocycles. The van der Waals surface area contributed by atoms with E-state index in [1.807, 2.05) is 43.3 Å². The molecular weight excluding hydrogens is 238 g/mol. The Morgan fingerprint density at radius 2 is 1.89 bits per heavy atom. The van der Waals surface area contributed by atoms with Gasteiger partial charge >= 0.3 is 0 Å². The third kappa shape index (κ3) is 3.01. The number of hydrogen-bond donors (Lipinski definition) is 2. The van der Waals surface area contributed by atoms with Crippen LogP contribution in [-0.4, -0.2) is 11.0 Å². The predicted molar refractivity (Wildman–Crippen MR) is 76.5 cm³/mol. The van der Waals surface area contributed by atoms with Gasteiger partial charge in [0, 0.05) is 11.6 Å². The Hall–Kier alpha value is -2.55. The van der Waals surface area contributed by atoms with Crippen molar-refractivity contribution >= 4 is 12.0 Å². The van der Waals surface area contributed by atoms with Crippen LogP contribution in [0.2, 0.25) is 0 Å². The minimum Gasteiger partial charge on any atom is -0.507 e. The van der Waals surface area contributed by atoms with Crippen LogP contribution in [0.15, 0.2) is 48.5 Å². The fourth-order valence-electron chi connectivity index (χ4n) is 1.94. The molecule has 0 aliphatic carbocycles. The lowest BCUT2D eigenvalue weighted by Gasteiger charge is -2.09. The minimum atomic E-state index is -0.541. The molecule has 19 heavy (non-hydrogen) atoms. The monoisotopic (exact) mass is 253 g/mol. The molecule has 0 heterocycles. The van der Waals surface area contributed by atoms with Gasteiger partial charge < -0.3 is 10.8 Å². The molecule has 2 aromatic rings. The Kier molecular flexibility index (Phi) is 3.66. The molecule has 0 spiro atoms. The number of phenols is 1. The van der Waals surface area contributed by atoms with Crippen LogP contribution in [0.4, 0.5) is 0 Å². The topological polar surface area (TPSA) is 63.3 Å². The van der Waals surface area contributed by atoms with E-state index >= 15 is 0 Å². The van der Waals surface area contributed by atoms with Gasteiger partial charge in [-0.05, 0) is 41.8 Å². The first kappa shape index (κ1) is 12.9. The van der Waals surface area contributed by atoms with Gasteiger partial charge in [0.2, 0.25) is 5.91 Å². The second-order valence-corrected chi connectivity index (χ2v) is 4.33. The maximum absolute atomic E-state index is 10.8. The van der Waals surface area contributed by atoms with Gasteiger partial charge in [-0.25, -0.2) is 0 Å². The first-order chi connectivity index (χ1) is 9.08. The van der Waals surface area contributed by atoms with Crippen molar-refractivity contribution in [3.05, 3.63) is 59.7 Å². The Balaban J connectivity index is 2.51. The van der Waals surface area contributed by atoms with E-state index in [1.165, 1.54) is 12.2 Å². The van der Waals surface area contributed by atoms with Crippen LogP contribution >= 0.6 is 0 Å². The largest absolute Gasteiger partial charge is 0.507 e. The molecule has 2 aromatic carbocycles. The summed E-state index contributed by atoms with van der Waals surface area (Å²) in [5.41, 5.74) is 8.69. The number of amides is 1. The second kappa shape index (κ2) is 5.40. The maximum Gasteiger partial charge on any atom is 0.241 e. The van der Waals surface area contributed by atoms with Crippen molar-refractivity contribution in [2.45, 2.75) is 6.92 Å². The summed E-state index contributed by atoms with van der Waals surface area (Å²) in [4.78, 5) is 10.8. The maximum atomic E-state index is 10.8. The van der Waals surface area contributed by atoms with Crippen molar-refractivity contribution in [3.63, 3.8) is 0 Å². The van der Waals surface area contributed by atoms with Crippen LogP contribution in [0.3, 0.4) is 0 Å². The fourth-order valence-corrected chi connectivity index (χ4v) is 1.94. The number of phenolic OH excluding ortho intramolecular Hbond substituents is 1. The molecular formula is C16H15NO2. The highest BCUT2D eigenvalue weighted by Crippen LogP contribution is 2.30. The number of aromatic hydroxyl groups is 1. The van der Waals surface area contributed by atoms with Crippen LogP contribution in [0.25, 0.3) is 17.2 Å². The standard InChI is InChI=1S/C16H15NO2/c1-11-9-15(18)13(7-8-16(17)19)10-14(11)12-5-3-2-4-6-12/h2-10,18H,1H3,(H2,17,19)/b8-7+. The predicted octanol–water partition coefficient (Wildman–Crippen LogP) is 2.87. The zero-order valence-corrected chi connectivity index (χ0v) is 10.6. The highest BCUT2D eigenvalue weighted by molar-refractivity contribution is 5.91. The molecule has 2 rings (SSSR count). The van der Waals surface area contributed by atoms with Gasteiger partial charge in [0.05, 0.1) is 0 Å². The molecule has 96 valence electrons. The second-order valence-electron chi connectivity index (χ2n) is 4.33. The molecule has 3 N–H and O–H groups in total. The zero-order valence-electron chi connectivity index (χ0n) is 10.6. The molecule has 0 atom stereocenters. The van der Waals surface area contributed by atoms with Gasteiger partial charge in [-0.3, -0.25) is 4.79 Å². The molecule has 1 amide bonds. The first-order valence-corrected chi connectivity index (χ1v) is 5.94. The van der Waals surface area contributed by atoms with Gasteiger partial charge in [-0.15, -0.1) is 0 Å². The van der Waals surface area contributed by atoms with Crippen molar-refractivity contribution < 1.29 is 9.90 Å². The third-order valence-electron chi connectivity index (χ3n) is 2.89. The molecule has 0 fully saturated rings. The van der Waals surface area contributed by atoms with Crippen molar-refractivity contribution in [3.8, 4) is 16.9 Å². The summed E-state index contributed by atoms with van der Waals surface area (Å²) in [6.07, 6.45) is 2.75. The molecule has 3 heteroatoms. The van der Waals surface area contributed by atoms with E-state index in [4.69, 9.17) is 5.73 Å². The molecule has 0 aliphatic heterocycles. The van der Waals surface area contributed by atoms with Gasteiger partial charge in [0.15, 0.2) is 0 Å². The molecule has 0 unspecified atom stereocenters. The Morgan fingerprint density at radius 1 is 1.21 bits per heavy atom. The molecule has 0 radical (unpaired) electrons. The van der Waals surface area contributed by atoms with Gasteiger partial charge in [0.1, 0.15) is 5.75 Å². The molecule has 0 saturated heterocycles. The van der Waals surface area contributed by atoms with E-state index in [0.29, 0.717) is 5.56 Å². The van der Waals surface area contributed by atoms with Crippen LogP contribution in [0, 0.1) is 6.92 Å². The average molecular weight is 253 g/mol. The summed E-state index contributed by atoms with van der Waals surface area (Å²) < 4.78 is 0. The van der Waals surface area contributed by atoms with Gasteiger partial charge in [-0.2, -0.15) is 0 Å². The quantitative estimate of drug-likeness (QED) is 0.826. The van der Waals surface area contributed by atoms with Crippen molar-refractivity contribution in [2.24, 2.45) is 5.73 Å². The van der Waals surface area contributed by atoms with E-state index in [1.54, 1.807) is 6.07 Å². The number of nitrogens with two attached hydrogens (primary N) is 1. The van der Waals surface area contributed by atoms with Crippen molar-refractivity contribution in [1.82, 2.24) is 0 Å². The first-order valence-electron chi connectivity index (χ1n) is 5.94. The summed E-state index contributed by atoms with van der Waals surface area (Å²) in [6, 6.07) is 13.4. The molecule has 3 nitrogen and oxygen atoms in total. The molecule has 0 bridgehead atoms. The smallest absolute Gasteiger partial charge is 0.241 e. The lowest BCUT2D eigenvalue weighted by Crippen LogP contribution is -2.05. The van der Waals surface area contributed by atoms with Crippen LogP contribution < -0.4 is 5.73 Å². The van der Waals surface area contributed by atoms with E-state index in [-0.39, 0.29) is 5.75 Å². The average Bonchev–Trinajstić information content (AvgIpc) is 2.38. The zero-order chi connectivity index (χ0) is 13.8. The summed E-state index contributed by atoms with van der Waals surface area (Å²) in [7, 11) is 0. The number of hydrogen-bond acceptors (Lipinski definition) is 2. The highest BCUT2D eigenvalue weighted by Gasteiger charge is 2.06. The van der Waals surface area contributed by atoms with Gasteiger partial charge in [-0.1, -0.05) is 30.3 Å². The van der Waals surface area contributed by atoms with Crippen molar-refractivity contribution in [1.29, 1.82) is 0 Å². The lowest BCUT2D eigenvalue weighted by molar-refractivity contribution is -0.113. The van der Waals surface area contributed by atoms with E-state index in [2.05, 4.69) is 0 Å². The number of benzene rings is 2. The van der Waals surface area contributed by atoms with Crippen molar-refractivity contribution in [2.75, 3.05) is 0 Å². The van der Waals surface area contributed by atoms with Crippen LogP contribution in [0.1, 0.15) is 11.1 Å². The summed E-state index contributed by atoms with van der Waals surface area (Å²) >= 11 is 0. The van der Waals surface area contributed by atoms with E-state index in [9.17, 15) is 9.90 Å². The summed E-state index contributed by atoms with van der Waals surface area (Å²) in [5.74, 6) is -0.407. The Bertz CT molecular complexity index is 631. The van der Waals surface area contributed by atoms with E-state index < -0.39 is 5.91 Å². The van der Waals surface area contributed by atoms with Gasteiger partial charge in [0.25, 0.3) is 0 Å². The molecule has 0 aliphatic rings. The number of carbonyl (C=O) groups is 1. The third-order valence-corrected chi connectivity index (χ3v) is 2.89. The highest BCUT2D eigenvalue weighted by atomic mass is 16.3. The van der Waals surface area contributed by atoms with Crippen LogP contribution in [-0.2, 0) is 4.79 Å². The number of primary amides is 1. The Labute approximate surface area is 112 Å².